The first kappa shape index (κ1) is 15.3. The molecular formula is C16H33N3. The van der Waals surface area contributed by atoms with Gasteiger partial charge in [-0.2, -0.15) is 0 Å². The van der Waals surface area contributed by atoms with E-state index in [-0.39, 0.29) is 0 Å². The normalized spacial score (nSPS) is 25.3. The molecule has 0 aliphatic carbocycles. The lowest BCUT2D eigenvalue weighted by Crippen LogP contribution is -2.46. The first-order chi connectivity index (χ1) is 9.10. The van der Waals surface area contributed by atoms with Crippen LogP contribution in [0.15, 0.2) is 0 Å². The molecular weight excluding hydrogens is 234 g/mol. The van der Waals surface area contributed by atoms with Gasteiger partial charge in [-0.05, 0) is 83.8 Å². The minimum Gasteiger partial charge on any atom is -0.314 e. The Balaban J connectivity index is 1.62. The van der Waals surface area contributed by atoms with Gasteiger partial charge in [0.1, 0.15) is 0 Å². The van der Waals surface area contributed by atoms with Gasteiger partial charge in [0.05, 0.1) is 0 Å². The van der Waals surface area contributed by atoms with Gasteiger partial charge in [0.15, 0.2) is 0 Å². The molecule has 0 saturated carbocycles. The quantitative estimate of drug-likeness (QED) is 0.770. The van der Waals surface area contributed by atoms with Crippen LogP contribution >= 0.6 is 0 Å². The van der Waals surface area contributed by atoms with Gasteiger partial charge in [-0.1, -0.05) is 13.8 Å². The van der Waals surface area contributed by atoms with Crippen molar-refractivity contribution in [2.45, 2.75) is 52.0 Å². The Labute approximate surface area is 119 Å². The summed E-state index contributed by atoms with van der Waals surface area (Å²) in [5, 5.41) is 3.51. The molecule has 0 aromatic carbocycles. The SMILES string of the molecule is CC(C)NCCCN1CCC2(CCN(C)CC2)CC1. The van der Waals surface area contributed by atoms with Crippen LogP contribution in [0.3, 0.4) is 0 Å². The minimum atomic E-state index is 0.629. The lowest BCUT2D eigenvalue weighted by molar-refractivity contribution is 0.0425. The van der Waals surface area contributed by atoms with Gasteiger partial charge in [-0.3, -0.25) is 0 Å². The zero-order valence-electron chi connectivity index (χ0n) is 13.2. The fourth-order valence-corrected chi connectivity index (χ4v) is 3.54. The summed E-state index contributed by atoms with van der Waals surface area (Å²) in [4.78, 5) is 5.18. The Morgan fingerprint density at radius 1 is 1.00 bits per heavy atom. The molecule has 2 aliphatic heterocycles. The molecule has 1 N–H and O–H groups in total. The summed E-state index contributed by atoms with van der Waals surface area (Å²) < 4.78 is 0. The van der Waals surface area contributed by atoms with Gasteiger partial charge in [0.25, 0.3) is 0 Å². The Morgan fingerprint density at radius 2 is 1.58 bits per heavy atom. The number of hydrogen-bond acceptors (Lipinski definition) is 3. The molecule has 2 rings (SSSR count). The maximum atomic E-state index is 3.51. The van der Waals surface area contributed by atoms with E-state index >= 15 is 0 Å². The summed E-state index contributed by atoms with van der Waals surface area (Å²) in [6.45, 7) is 12.2. The highest BCUT2D eigenvalue weighted by Gasteiger charge is 2.36. The van der Waals surface area contributed by atoms with Gasteiger partial charge >= 0.3 is 0 Å². The lowest BCUT2D eigenvalue weighted by Gasteiger charge is -2.46. The number of hydrogen-bond donors (Lipinski definition) is 1. The number of rotatable bonds is 5. The Morgan fingerprint density at radius 3 is 2.16 bits per heavy atom. The van der Waals surface area contributed by atoms with Crippen LogP contribution < -0.4 is 5.32 Å². The predicted molar refractivity (Wildman–Crippen MR) is 82.6 cm³/mol. The summed E-state index contributed by atoms with van der Waals surface area (Å²) in [5.41, 5.74) is 0.708. The van der Waals surface area contributed by atoms with Crippen LogP contribution in [0, 0.1) is 5.41 Å². The maximum Gasteiger partial charge on any atom is 0.00103 e. The molecule has 2 saturated heterocycles. The molecule has 1 spiro atoms. The van der Waals surface area contributed by atoms with Crippen molar-refractivity contribution in [2.24, 2.45) is 5.41 Å². The molecule has 2 heterocycles. The highest BCUT2D eigenvalue weighted by Crippen LogP contribution is 2.40. The monoisotopic (exact) mass is 267 g/mol. The van der Waals surface area contributed by atoms with Crippen molar-refractivity contribution in [3.8, 4) is 0 Å². The standard InChI is InChI=1S/C16H33N3/c1-15(2)17-9-4-10-19-13-7-16(8-14-19)5-11-18(3)12-6-16/h15,17H,4-14H2,1-3H3. The minimum absolute atomic E-state index is 0.629. The molecule has 3 nitrogen and oxygen atoms in total. The van der Waals surface area contributed by atoms with E-state index in [9.17, 15) is 0 Å². The summed E-state index contributed by atoms with van der Waals surface area (Å²) >= 11 is 0. The van der Waals surface area contributed by atoms with Gasteiger partial charge in [0.2, 0.25) is 0 Å². The highest BCUT2D eigenvalue weighted by molar-refractivity contribution is 4.90. The number of nitrogens with zero attached hydrogens (tertiary/aromatic N) is 2. The van der Waals surface area contributed by atoms with E-state index < -0.39 is 0 Å². The fourth-order valence-electron chi connectivity index (χ4n) is 3.54. The second-order valence-corrected chi connectivity index (χ2v) is 7.11. The molecule has 0 aromatic rings. The molecule has 2 fully saturated rings. The van der Waals surface area contributed by atoms with E-state index in [1.165, 1.54) is 71.4 Å². The molecule has 112 valence electrons. The number of likely N-dealkylation sites (tertiary alicyclic amines) is 2. The summed E-state index contributed by atoms with van der Waals surface area (Å²) in [6, 6.07) is 0.629. The largest absolute Gasteiger partial charge is 0.314 e. The van der Waals surface area contributed by atoms with Crippen molar-refractivity contribution in [3.63, 3.8) is 0 Å². The topological polar surface area (TPSA) is 18.5 Å². The van der Waals surface area contributed by atoms with E-state index in [0.717, 1.165) is 0 Å². The third kappa shape index (κ3) is 4.73. The van der Waals surface area contributed by atoms with Crippen LogP contribution in [-0.2, 0) is 0 Å². The van der Waals surface area contributed by atoms with Crippen LogP contribution in [0.25, 0.3) is 0 Å². The Bertz CT molecular complexity index is 247. The van der Waals surface area contributed by atoms with Crippen molar-refractivity contribution in [2.75, 3.05) is 46.3 Å². The first-order valence-corrected chi connectivity index (χ1v) is 8.24. The van der Waals surface area contributed by atoms with Crippen molar-refractivity contribution in [1.29, 1.82) is 0 Å². The Hall–Kier alpha value is -0.120. The highest BCUT2D eigenvalue weighted by atomic mass is 15.1. The molecule has 0 unspecified atom stereocenters. The average Bonchev–Trinajstić information content (AvgIpc) is 2.40. The van der Waals surface area contributed by atoms with Crippen LogP contribution in [0.4, 0.5) is 0 Å². The fraction of sp³-hybridized carbons (Fsp3) is 1.00. The molecule has 0 bridgehead atoms. The van der Waals surface area contributed by atoms with Crippen LogP contribution in [0.2, 0.25) is 0 Å². The molecule has 0 radical (unpaired) electrons. The van der Waals surface area contributed by atoms with Gasteiger partial charge < -0.3 is 15.1 Å². The van der Waals surface area contributed by atoms with E-state index in [0.29, 0.717) is 11.5 Å². The van der Waals surface area contributed by atoms with Crippen molar-refractivity contribution >= 4 is 0 Å². The second kappa shape index (κ2) is 7.05. The van der Waals surface area contributed by atoms with Gasteiger partial charge in [-0.15, -0.1) is 0 Å². The predicted octanol–water partition coefficient (Wildman–Crippen LogP) is 2.18. The van der Waals surface area contributed by atoms with Crippen molar-refractivity contribution in [3.05, 3.63) is 0 Å². The summed E-state index contributed by atoms with van der Waals surface area (Å²) in [5.74, 6) is 0. The van der Waals surface area contributed by atoms with Crippen LogP contribution in [0.5, 0.6) is 0 Å². The van der Waals surface area contributed by atoms with E-state index in [4.69, 9.17) is 0 Å². The summed E-state index contributed by atoms with van der Waals surface area (Å²) in [6.07, 6.45) is 7.06. The molecule has 2 aliphatic rings. The van der Waals surface area contributed by atoms with Gasteiger partial charge in [-0.25, -0.2) is 0 Å². The van der Waals surface area contributed by atoms with Crippen molar-refractivity contribution < 1.29 is 0 Å². The van der Waals surface area contributed by atoms with Crippen LogP contribution in [-0.4, -0.2) is 62.2 Å². The van der Waals surface area contributed by atoms with Crippen molar-refractivity contribution in [1.82, 2.24) is 15.1 Å². The zero-order valence-corrected chi connectivity index (χ0v) is 13.2. The third-order valence-corrected chi connectivity index (χ3v) is 5.17. The third-order valence-electron chi connectivity index (χ3n) is 5.17. The lowest BCUT2D eigenvalue weighted by atomic mass is 9.71. The average molecular weight is 267 g/mol. The van der Waals surface area contributed by atoms with Gasteiger partial charge in [0, 0.05) is 6.04 Å². The van der Waals surface area contributed by atoms with E-state index in [2.05, 4.69) is 36.0 Å². The summed E-state index contributed by atoms with van der Waals surface area (Å²) in [7, 11) is 2.27. The second-order valence-electron chi connectivity index (χ2n) is 7.11. The Kier molecular flexibility index (Phi) is 5.67. The molecule has 19 heavy (non-hydrogen) atoms. The smallest absolute Gasteiger partial charge is 0.00103 e. The molecule has 0 aromatic heterocycles. The maximum absolute atomic E-state index is 3.51. The zero-order chi connectivity index (χ0) is 13.7. The molecule has 3 heteroatoms. The van der Waals surface area contributed by atoms with Crippen LogP contribution in [0.1, 0.15) is 46.0 Å². The first-order valence-electron chi connectivity index (χ1n) is 8.24. The molecule has 0 atom stereocenters. The number of nitrogens with one attached hydrogen (secondary N) is 1. The van der Waals surface area contributed by atoms with E-state index in [1.807, 2.05) is 0 Å². The molecule has 0 amide bonds. The number of piperidine rings is 2. The van der Waals surface area contributed by atoms with E-state index in [1.54, 1.807) is 0 Å².